The van der Waals surface area contributed by atoms with Crippen LogP contribution < -0.4 is 19.9 Å². The Hall–Kier alpha value is -2.43. The van der Waals surface area contributed by atoms with Crippen molar-refractivity contribution in [1.82, 2.24) is 4.98 Å². The molecule has 0 spiro atoms. The molecule has 1 aromatic carbocycles. The predicted octanol–water partition coefficient (Wildman–Crippen LogP) is 2.36. The summed E-state index contributed by atoms with van der Waals surface area (Å²) in [5.41, 5.74) is 8.12. The van der Waals surface area contributed by atoms with Crippen molar-refractivity contribution in [1.29, 1.82) is 0 Å². The Morgan fingerprint density at radius 3 is 2.11 bits per heavy atom. The highest BCUT2D eigenvalue weighted by Crippen LogP contribution is 2.43. The fraction of sp³-hybridized carbons (Fsp3) is 0.214. The minimum atomic E-state index is 0.608. The van der Waals surface area contributed by atoms with Crippen LogP contribution in [0.15, 0.2) is 30.6 Å². The lowest BCUT2D eigenvalue weighted by molar-refractivity contribution is 0.377. The number of nitrogen functional groups attached to an aromatic ring is 1. The molecule has 0 saturated heterocycles. The van der Waals surface area contributed by atoms with Gasteiger partial charge in [-0.2, -0.15) is 0 Å². The SMILES string of the molecule is COc1cc(OC)c(-c2cnccc2N)c(OC)c1. The summed E-state index contributed by atoms with van der Waals surface area (Å²) in [6.07, 6.45) is 3.32. The third kappa shape index (κ3) is 2.40. The van der Waals surface area contributed by atoms with Gasteiger partial charge in [-0.3, -0.25) is 4.98 Å². The van der Waals surface area contributed by atoms with Crippen LogP contribution in [0.4, 0.5) is 5.69 Å². The second kappa shape index (κ2) is 5.48. The molecular weight excluding hydrogens is 244 g/mol. The quantitative estimate of drug-likeness (QED) is 0.914. The van der Waals surface area contributed by atoms with Gasteiger partial charge in [-0.1, -0.05) is 0 Å². The maximum absolute atomic E-state index is 5.99. The standard InChI is InChI=1S/C14H16N2O3/c1-17-9-6-12(18-2)14(13(7-9)19-3)10-8-16-5-4-11(10)15/h4-8H,1-3H3,(H2,15,16). The summed E-state index contributed by atoms with van der Waals surface area (Å²) in [6, 6.07) is 5.30. The number of pyridine rings is 1. The van der Waals surface area contributed by atoms with Gasteiger partial charge in [0.05, 0.1) is 26.9 Å². The Morgan fingerprint density at radius 1 is 1.00 bits per heavy atom. The molecule has 0 saturated carbocycles. The zero-order valence-corrected chi connectivity index (χ0v) is 11.1. The summed E-state index contributed by atoms with van der Waals surface area (Å²) in [6.45, 7) is 0. The highest BCUT2D eigenvalue weighted by Gasteiger charge is 2.17. The Balaban J connectivity index is 2.71. The van der Waals surface area contributed by atoms with E-state index in [0.29, 0.717) is 22.9 Å². The molecule has 0 atom stereocenters. The zero-order valence-electron chi connectivity index (χ0n) is 11.1. The molecule has 2 aromatic rings. The summed E-state index contributed by atoms with van der Waals surface area (Å²) >= 11 is 0. The number of nitrogens with two attached hydrogens (primary N) is 1. The molecule has 0 aliphatic rings. The van der Waals surface area contributed by atoms with E-state index < -0.39 is 0 Å². The molecule has 5 heteroatoms. The molecule has 100 valence electrons. The van der Waals surface area contributed by atoms with E-state index in [9.17, 15) is 0 Å². The van der Waals surface area contributed by atoms with Gasteiger partial charge in [0.2, 0.25) is 0 Å². The van der Waals surface area contributed by atoms with Crippen LogP contribution in [0.25, 0.3) is 11.1 Å². The summed E-state index contributed by atoms with van der Waals surface area (Å²) < 4.78 is 16.0. The van der Waals surface area contributed by atoms with E-state index >= 15 is 0 Å². The van der Waals surface area contributed by atoms with Crippen LogP contribution in [0, 0.1) is 0 Å². The molecule has 0 aliphatic heterocycles. The molecule has 0 amide bonds. The highest BCUT2D eigenvalue weighted by molar-refractivity contribution is 5.84. The van der Waals surface area contributed by atoms with E-state index in [1.165, 1.54) is 0 Å². The number of rotatable bonds is 4. The van der Waals surface area contributed by atoms with Crippen LogP contribution in [0.2, 0.25) is 0 Å². The topological polar surface area (TPSA) is 66.6 Å². The second-order valence-corrected chi connectivity index (χ2v) is 3.87. The van der Waals surface area contributed by atoms with Gasteiger partial charge in [0.15, 0.2) is 0 Å². The molecule has 1 heterocycles. The molecule has 0 bridgehead atoms. The van der Waals surface area contributed by atoms with Crippen LogP contribution in [-0.4, -0.2) is 26.3 Å². The maximum Gasteiger partial charge on any atom is 0.134 e. The normalized spacial score (nSPS) is 10.1. The summed E-state index contributed by atoms with van der Waals surface area (Å²) in [5.74, 6) is 1.90. The Morgan fingerprint density at radius 2 is 1.63 bits per heavy atom. The van der Waals surface area contributed by atoms with Gasteiger partial charge in [-0.05, 0) is 6.07 Å². The van der Waals surface area contributed by atoms with Crippen LogP contribution in [0.3, 0.4) is 0 Å². The first-order valence-electron chi connectivity index (χ1n) is 5.71. The average molecular weight is 260 g/mol. The Labute approximate surface area is 111 Å². The molecule has 5 nitrogen and oxygen atoms in total. The summed E-state index contributed by atoms with van der Waals surface area (Å²) in [4.78, 5) is 4.09. The van der Waals surface area contributed by atoms with Crippen molar-refractivity contribution in [3.63, 3.8) is 0 Å². The third-order valence-electron chi connectivity index (χ3n) is 2.84. The Bertz CT molecular complexity index is 560. The fourth-order valence-electron chi connectivity index (χ4n) is 1.89. The second-order valence-electron chi connectivity index (χ2n) is 3.87. The zero-order chi connectivity index (χ0) is 13.8. The smallest absolute Gasteiger partial charge is 0.134 e. The first-order valence-corrected chi connectivity index (χ1v) is 5.71. The van der Waals surface area contributed by atoms with E-state index in [0.717, 1.165) is 11.1 Å². The van der Waals surface area contributed by atoms with Crippen LogP contribution in [-0.2, 0) is 0 Å². The number of aromatic nitrogens is 1. The molecule has 0 unspecified atom stereocenters. The first-order chi connectivity index (χ1) is 9.21. The van der Waals surface area contributed by atoms with Crippen LogP contribution in [0.5, 0.6) is 17.2 Å². The summed E-state index contributed by atoms with van der Waals surface area (Å²) in [5, 5.41) is 0. The van der Waals surface area contributed by atoms with Gasteiger partial charge >= 0.3 is 0 Å². The van der Waals surface area contributed by atoms with Crippen molar-refractivity contribution >= 4 is 5.69 Å². The highest BCUT2D eigenvalue weighted by atomic mass is 16.5. The molecule has 0 aliphatic carbocycles. The lowest BCUT2D eigenvalue weighted by atomic mass is 10.0. The molecule has 19 heavy (non-hydrogen) atoms. The number of methoxy groups -OCH3 is 3. The molecular formula is C14H16N2O3. The van der Waals surface area contributed by atoms with Crippen molar-refractivity contribution in [2.45, 2.75) is 0 Å². The molecule has 0 radical (unpaired) electrons. The maximum atomic E-state index is 5.99. The van der Waals surface area contributed by atoms with Crippen LogP contribution in [0.1, 0.15) is 0 Å². The summed E-state index contributed by atoms with van der Waals surface area (Å²) in [7, 11) is 4.76. The van der Waals surface area contributed by atoms with Gasteiger partial charge in [-0.25, -0.2) is 0 Å². The van der Waals surface area contributed by atoms with Crippen molar-refractivity contribution in [3.05, 3.63) is 30.6 Å². The fourth-order valence-corrected chi connectivity index (χ4v) is 1.89. The van der Waals surface area contributed by atoms with E-state index in [4.69, 9.17) is 19.9 Å². The van der Waals surface area contributed by atoms with Gasteiger partial charge in [0.25, 0.3) is 0 Å². The minimum Gasteiger partial charge on any atom is -0.496 e. The molecule has 1 aromatic heterocycles. The van der Waals surface area contributed by atoms with E-state index in [1.54, 1.807) is 51.9 Å². The number of anilines is 1. The number of ether oxygens (including phenoxy) is 3. The Kier molecular flexibility index (Phi) is 3.75. The predicted molar refractivity (Wildman–Crippen MR) is 73.7 cm³/mol. The monoisotopic (exact) mass is 260 g/mol. The van der Waals surface area contributed by atoms with Gasteiger partial charge in [0.1, 0.15) is 17.2 Å². The largest absolute Gasteiger partial charge is 0.496 e. The number of hydrogen-bond donors (Lipinski definition) is 1. The van der Waals surface area contributed by atoms with Gasteiger partial charge in [0, 0.05) is 35.8 Å². The third-order valence-corrected chi connectivity index (χ3v) is 2.84. The average Bonchev–Trinajstić information content (AvgIpc) is 2.46. The molecule has 0 fully saturated rings. The van der Waals surface area contributed by atoms with E-state index in [1.807, 2.05) is 0 Å². The molecule has 2 N–H and O–H groups in total. The van der Waals surface area contributed by atoms with Crippen molar-refractivity contribution in [2.75, 3.05) is 27.1 Å². The van der Waals surface area contributed by atoms with Crippen molar-refractivity contribution in [2.24, 2.45) is 0 Å². The number of hydrogen-bond acceptors (Lipinski definition) is 5. The minimum absolute atomic E-state index is 0.608. The molecule has 2 rings (SSSR count). The number of benzene rings is 1. The van der Waals surface area contributed by atoms with Gasteiger partial charge in [-0.15, -0.1) is 0 Å². The van der Waals surface area contributed by atoms with E-state index in [-0.39, 0.29) is 0 Å². The van der Waals surface area contributed by atoms with Gasteiger partial charge < -0.3 is 19.9 Å². The van der Waals surface area contributed by atoms with Crippen molar-refractivity contribution < 1.29 is 14.2 Å². The number of nitrogens with zero attached hydrogens (tertiary/aromatic N) is 1. The van der Waals surface area contributed by atoms with E-state index in [2.05, 4.69) is 4.98 Å². The van der Waals surface area contributed by atoms with Crippen molar-refractivity contribution in [3.8, 4) is 28.4 Å². The lowest BCUT2D eigenvalue weighted by Crippen LogP contribution is -1.98. The first kappa shape index (κ1) is 13.0. The van der Waals surface area contributed by atoms with Crippen LogP contribution >= 0.6 is 0 Å². The lowest BCUT2D eigenvalue weighted by Gasteiger charge is -2.16.